The highest BCUT2D eigenvalue weighted by Gasteiger charge is 2.18. The molecule has 1 amide bonds. The zero-order chi connectivity index (χ0) is 19.6. The minimum Gasteiger partial charge on any atom is -0.507 e. The number of anilines is 1. The van der Waals surface area contributed by atoms with Gasteiger partial charge < -0.3 is 20.4 Å². The lowest BCUT2D eigenvalue weighted by atomic mass is 10.1. The number of phenolic OH excluding ortho intramolecular Hbond substituents is 1. The van der Waals surface area contributed by atoms with E-state index >= 15 is 0 Å². The van der Waals surface area contributed by atoms with Gasteiger partial charge in [-0.2, -0.15) is 0 Å². The van der Waals surface area contributed by atoms with E-state index in [1.165, 1.54) is 12.3 Å². The van der Waals surface area contributed by atoms with Gasteiger partial charge in [-0.25, -0.2) is 4.98 Å². The van der Waals surface area contributed by atoms with Gasteiger partial charge in [0.1, 0.15) is 23.4 Å². The molecule has 0 atom stereocenters. The zero-order valence-corrected chi connectivity index (χ0v) is 14.8. The normalized spacial score (nSPS) is 10.6. The molecule has 138 valence electrons. The van der Waals surface area contributed by atoms with Gasteiger partial charge in [-0.3, -0.25) is 14.6 Å². The number of carbonyl (C=O) groups excluding carboxylic acids is 1. The van der Waals surface area contributed by atoms with Crippen molar-refractivity contribution in [3.8, 4) is 17.0 Å². The summed E-state index contributed by atoms with van der Waals surface area (Å²) in [5, 5.41) is 21.0. The lowest BCUT2D eigenvalue weighted by Gasteiger charge is -2.13. The number of phenols is 1. The molecule has 0 aliphatic carbocycles. The molecule has 27 heavy (non-hydrogen) atoms. The lowest BCUT2D eigenvalue weighted by molar-refractivity contribution is -0.135. The van der Waals surface area contributed by atoms with Crippen LogP contribution in [0.4, 0.5) is 5.69 Å². The molecule has 0 spiro atoms. The Hall–Kier alpha value is -3.68. The topological polar surface area (TPSA) is 116 Å². The van der Waals surface area contributed by atoms with Crippen molar-refractivity contribution in [2.75, 3.05) is 25.5 Å². The SMILES string of the molecule is CN(C)c1cccc(-c2cnc3c(C(=O)NCC(=O)O)c(O)ccc3n2)c1. The third-order valence-corrected chi connectivity index (χ3v) is 3.98. The first-order valence-corrected chi connectivity index (χ1v) is 8.13. The van der Waals surface area contributed by atoms with Crippen LogP contribution in [0.5, 0.6) is 5.75 Å². The molecule has 0 saturated heterocycles. The Bertz CT molecular complexity index is 1030. The van der Waals surface area contributed by atoms with Crippen molar-refractivity contribution in [2.45, 2.75) is 0 Å². The summed E-state index contributed by atoms with van der Waals surface area (Å²) in [6.07, 6.45) is 1.52. The number of benzene rings is 2. The smallest absolute Gasteiger partial charge is 0.322 e. The van der Waals surface area contributed by atoms with Gasteiger partial charge in [0, 0.05) is 25.3 Å². The Kier molecular flexibility index (Phi) is 4.89. The Morgan fingerprint density at radius 3 is 2.67 bits per heavy atom. The fraction of sp³-hybridized carbons (Fsp3) is 0.158. The second-order valence-corrected chi connectivity index (χ2v) is 6.10. The summed E-state index contributed by atoms with van der Waals surface area (Å²) in [7, 11) is 3.88. The molecule has 0 aliphatic heterocycles. The average molecular weight is 366 g/mol. The van der Waals surface area contributed by atoms with Crippen LogP contribution >= 0.6 is 0 Å². The highest BCUT2D eigenvalue weighted by Crippen LogP contribution is 2.28. The van der Waals surface area contributed by atoms with Crippen LogP contribution in [0.15, 0.2) is 42.6 Å². The Morgan fingerprint density at radius 1 is 1.19 bits per heavy atom. The fourth-order valence-corrected chi connectivity index (χ4v) is 2.63. The van der Waals surface area contributed by atoms with Gasteiger partial charge in [-0.05, 0) is 24.3 Å². The number of aromatic nitrogens is 2. The number of hydrogen-bond donors (Lipinski definition) is 3. The molecule has 0 aliphatic rings. The number of nitrogens with zero attached hydrogens (tertiary/aromatic N) is 3. The van der Waals surface area contributed by atoms with Crippen LogP contribution in [0.2, 0.25) is 0 Å². The number of carbonyl (C=O) groups is 2. The molecule has 2 aromatic carbocycles. The van der Waals surface area contributed by atoms with E-state index in [0.29, 0.717) is 11.2 Å². The molecular formula is C19H18N4O4. The van der Waals surface area contributed by atoms with Crippen LogP contribution in [0.1, 0.15) is 10.4 Å². The highest BCUT2D eigenvalue weighted by molar-refractivity contribution is 6.08. The van der Waals surface area contributed by atoms with E-state index in [0.717, 1.165) is 11.3 Å². The van der Waals surface area contributed by atoms with Crippen LogP contribution in [0.25, 0.3) is 22.3 Å². The predicted molar refractivity (Wildman–Crippen MR) is 101 cm³/mol. The maximum atomic E-state index is 12.3. The van der Waals surface area contributed by atoms with Crippen molar-refractivity contribution in [1.29, 1.82) is 0 Å². The van der Waals surface area contributed by atoms with Crippen molar-refractivity contribution in [2.24, 2.45) is 0 Å². The minimum absolute atomic E-state index is 0.102. The van der Waals surface area contributed by atoms with Gasteiger partial charge in [0.05, 0.1) is 17.4 Å². The van der Waals surface area contributed by atoms with E-state index in [4.69, 9.17) is 5.11 Å². The first kappa shape index (κ1) is 18.1. The van der Waals surface area contributed by atoms with E-state index in [-0.39, 0.29) is 16.8 Å². The van der Waals surface area contributed by atoms with Gasteiger partial charge in [0.15, 0.2) is 0 Å². The number of hydrogen-bond acceptors (Lipinski definition) is 6. The molecule has 3 aromatic rings. The quantitative estimate of drug-likeness (QED) is 0.631. The van der Waals surface area contributed by atoms with Crippen LogP contribution in [-0.2, 0) is 4.79 Å². The molecule has 0 saturated carbocycles. The molecule has 8 heteroatoms. The van der Waals surface area contributed by atoms with Crippen molar-refractivity contribution in [3.05, 3.63) is 48.2 Å². The number of carboxylic acids is 1. The number of aliphatic carboxylic acids is 1. The van der Waals surface area contributed by atoms with Crippen molar-refractivity contribution in [1.82, 2.24) is 15.3 Å². The second kappa shape index (κ2) is 7.28. The molecule has 0 unspecified atom stereocenters. The standard InChI is InChI=1S/C19H18N4O4/c1-23(2)12-5-3-4-11(8-12)14-9-20-18-13(22-14)6-7-15(24)17(18)19(27)21-10-16(25)26/h3-9,24H,10H2,1-2H3,(H,21,27)(H,25,26). The highest BCUT2D eigenvalue weighted by atomic mass is 16.4. The van der Waals surface area contributed by atoms with Crippen LogP contribution < -0.4 is 10.2 Å². The molecule has 8 nitrogen and oxygen atoms in total. The van der Waals surface area contributed by atoms with E-state index in [9.17, 15) is 14.7 Å². The summed E-state index contributed by atoms with van der Waals surface area (Å²) in [4.78, 5) is 33.7. The maximum Gasteiger partial charge on any atom is 0.322 e. The van der Waals surface area contributed by atoms with E-state index in [1.54, 1.807) is 6.07 Å². The number of rotatable bonds is 5. The van der Waals surface area contributed by atoms with Crippen LogP contribution in [0, 0.1) is 0 Å². The van der Waals surface area contributed by atoms with Gasteiger partial charge in [0.25, 0.3) is 5.91 Å². The molecule has 1 aromatic heterocycles. The second-order valence-electron chi connectivity index (χ2n) is 6.10. The van der Waals surface area contributed by atoms with Gasteiger partial charge in [-0.15, -0.1) is 0 Å². The molecule has 0 bridgehead atoms. The van der Waals surface area contributed by atoms with Gasteiger partial charge >= 0.3 is 5.97 Å². The molecule has 0 fully saturated rings. The lowest BCUT2D eigenvalue weighted by Crippen LogP contribution is -2.29. The van der Waals surface area contributed by atoms with E-state index in [1.807, 2.05) is 43.3 Å². The average Bonchev–Trinajstić information content (AvgIpc) is 2.65. The van der Waals surface area contributed by atoms with Crippen molar-refractivity contribution < 1.29 is 19.8 Å². The first-order chi connectivity index (χ1) is 12.9. The number of fused-ring (bicyclic) bond motifs is 1. The maximum absolute atomic E-state index is 12.3. The molecule has 1 heterocycles. The number of carboxylic acid groups (broad SMARTS) is 1. The molecule has 0 radical (unpaired) electrons. The molecule has 3 rings (SSSR count). The third-order valence-electron chi connectivity index (χ3n) is 3.98. The number of amides is 1. The molecule has 3 N–H and O–H groups in total. The minimum atomic E-state index is -1.18. The number of nitrogens with one attached hydrogen (secondary N) is 1. The largest absolute Gasteiger partial charge is 0.507 e. The van der Waals surface area contributed by atoms with E-state index < -0.39 is 18.4 Å². The Balaban J connectivity index is 2.04. The Labute approximate surface area is 155 Å². The first-order valence-electron chi connectivity index (χ1n) is 8.13. The predicted octanol–water partition coefficient (Wildman–Crippen LogP) is 1.88. The Morgan fingerprint density at radius 2 is 1.96 bits per heavy atom. The summed E-state index contributed by atoms with van der Waals surface area (Å²) in [5.41, 5.74) is 3.00. The van der Waals surface area contributed by atoms with Gasteiger partial charge in [-0.1, -0.05) is 12.1 Å². The summed E-state index contributed by atoms with van der Waals surface area (Å²) in [6, 6.07) is 10.7. The third kappa shape index (κ3) is 3.79. The summed E-state index contributed by atoms with van der Waals surface area (Å²) < 4.78 is 0. The summed E-state index contributed by atoms with van der Waals surface area (Å²) >= 11 is 0. The molecular weight excluding hydrogens is 348 g/mol. The monoisotopic (exact) mass is 366 g/mol. The summed E-state index contributed by atoms with van der Waals surface area (Å²) in [6.45, 7) is -0.558. The fourth-order valence-electron chi connectivity index (χ4n) is 2.63. The van der Waals surface area contributed by atoms with Gasteiger partial charge in [0.2, 0.25) is 0 Å². The van der Waals surface area contributed by atoms with E-state index in [2.05, 4.69) is 15.3 Å². The zero-order valence-electron chi connectivity index (χ0n) is 14.8. The van der Waals surface area contributed by atoms with Crippen LogP contribution in [0.3, 0.4) is 0 Å². The number of aromatic hydroxyl groups is 1. The van der Waals surface area contributed by atoms with Crippen LogP contribution in [-0.4, -0.2) is 52.7 Å². The summed E-state index contributed by atoms with van der Waals surface area (Å²) in [5.74, 6) is -2.20. The van der Waals surface area contributed by atoms with Crippen molar-refractivity contribution >= 4 is 28.6 Å². The van der Waals surface area contributed by atoms with Crippen molar-refractivity contribution in [3.63, 3.8) is 0 Å².